The largest absolute Gasteiger partial charge is 0.493 e. The van der Waals surface area contributed by atoms with Gasteiger partial charge in [0.2, 0.25) is 0 Å². The number of amides is 1. The van der Waals surface area contributed by atoms with E-state index in [0.717, 1.165) is 37.3 Å². The number of halogens is 1. The summed E-state index contributed by atoms with van der Waals surface area (Å²) in [5, 5.41) is 0. The minimum absolute atomic E-state index is 0.108. The standard InChI is InChI=1S/C24H29FN2O2/c1-26-12-4-6-19(15-26)17-29-23-9-2-5-18(13-23)16-27(22-10-11-22)24(28)20-7-3-8-21(25)14-20/h2-3,5,7-9,13-14,19,22H,4,6,10-12,15-17H2,1H3/t19-/m0/s1. The van der Waals surface area contributed by atoms with Crippen molar-refractivity contribution < 1.29 is 13.9 Å². The Labute approximate surface area is 172 Å². The van der Waals surface area contributed by atoms with Gasteiger partial charge in [0, 0.05) is 30.6 Å². The summed E-state index contributed by atoms with van der Waals surface area (Å²) < 4.78 is 19.6. The van der Waals surface area contributed by atoms with Crippen LogP contribution in [0.15, 0.2) is 48.5 Å². The molecule has 0 radical (unpaired) electrons. The van der Waals surface area contributed by atoms with Gasteiger partial charge in [0.05, 0.1) is 6.61 Å². The van der Waals surface area contributed by atoms with Gasteiger partial charge in [0.1, 0.15) is 11.6 Å². The summed E-state index contributed by atoms with van der Waals surface area (Å²) in [5.74, 6) is 0.929. The zero-order valence-corrected chi connectivity index (χ0v) is 17.0. The molecule has 154 valence electrons. The Balaban J connectivity index is 1.41. The Kier molecular flexibility index (Phi) is 6.14. The highest BCUT2D eigenvalue weighted by molar-refractivity contribution is 5.94. The lowest BCUT2D eigenvalue weighted by molar-refractivity contribution is 0.0729. The van der Waals surface area contributed by atoms with E-state index in [1.54, 1.807) is 12.1 Å². The van der Waals surface area contributed by atoms with Crippen molar-refractivity contribution in [2.75, 3.05) is 26.7 Å². The van der Waals surface area contributed by atoms with E-state index in [9.17, 15) is 9.18 Å². The van der Waals surface area contributed by atoms with E-state index in [1.165, 1.54) is 31.5 Å². The second-order valence-electron chi connectivity index (χ2n) is 8.40. The van der Waals surface area contributed by atoms with E-state index in [-0.39, 0.29) is 17.8 Å². The Morgan fingerprint density at radius 2 is 2.00 bits per heavy atom. The number of rotatable bonds is 7. The molecule has 5 heteroatoms. The van der Waals surface area contributed by atoms with Crippen molar-refractivity contribution in [3.05, 3.63) is 65.5 Å². The molecule has 1 saturated heterocycles. The molecule has 1 aliphatic heterocycles. The van der Waals surface area contributed by atoms with Crippen LogP contribution in [0.4, 0.5) is 4.39 Å². The van der Waals surface area contributed by atoms with Crippen LogP contribution in [-0.2, 0) is 6.54 Å². The van der Waals surface area contributed by atoms with Crippen LogP contribution < -0.4 is 4.74 Å². The van der Waals surface area contributed by atoms with Gasteiger partial charge in [-0.05, 0) is 75.2 Å². The first-order valence-corrected chi connectivity index (χ1v) is 10.6. The Bertz CT molecular complexity index is 852. The molecular formula is C24H29FN2O2. The van der Waals surface area contributed by atoms with Gasteiger partial charge in [-0.25, -0.2) is 4.39 Å². The minimum Gasteiger partial charge on any atom is -0.493 e. The molecule has 4 nitrogen and oxygen atoms in total. The van der Waals surface area contributed by atoms with Gasteiger partial charge >= 0.3 is 0 Å². The van der Waals surface area contributed by atoms with Crippen molar-refractivity contribution in [3.63, 3.8) is 0 Å². The average Bonchev–Trinajstić information content (AvgIpc) is 3.56. The third-order valence-electron chi connectivity index (χ3n) is 5.78. The third-order valence-corrected chi connectivity index (χ3v) is 5.78. The summed E-state index contributed by atoms with van der Waals surface area (Å²) in [6.45, 7) is 3.49. The lowest BCUT2D eigenvalue weighted by Gasteiger charge is -2.29. The molecule has 0 spiro atoms. The molecule has 1 saturated carbocycles. The molecule has 1 atom stereocenters. The van der Waals surface area contributed by atoms with E-state index < -0.39 is 0 Å². The maximum absolute atomic E-state index is 13.6. The van der Waals surface area contributed by atoms with Gasteiger partial charge in [-0.2, -0.15) is 0 Å². The number of hydrogen-bond donors (Lipinski definition) is 0. The maximum atomic E-state index is 13.6. The minimum atomic E-state index is -0.379. The van der Waals surface area contributed by atoms with Gasteiger partial charge in [-0.1, -0.05) is 18.2 Å². The smallest absolute Gasteiger partial charge is 0.254 e. The van der Waals surface area contributed by atoms with Crippen LogP contribution in [0, 0.1) is 11.7 Å². The molecule has 0 unspecified atom stereocenters. The molecule has 1 aliphatic carbocycles. The lowest BCUT2D eigenvalue weighted by Crippen LogP contribution is -2.34. The first kappa shape index (κ1) is 19.9. The molecule has 1 heterocycles. The number of nitrogens with zero attached hydrogens (tertiary/aromatic N) is 2. The predicted octanol–water partition coefficient (Wildman–Crippen LogP) is 4.35. The topological polar surface area (TPSA) is 32.8 Å². The SMILES string of the molecule is CN1CCC[C@H](COc2cccc(CN(C(=O)c3cccc(F)c3)C3CC3)c2)C1. The molecule has 0 bridgehead atoms. The Morgan fingerprint density at radius 3 is 2.76 bits per heavy atom. The molecule has 0 N–H and O–H groups in total. The summed E-state index contributed by atoms with van der Waals surface area (Å²) in [6.07, 6.45) is 4.45. The van der Waals surface area contributed by atoms with Crippen molar-refractivity contribution in [3.8, 4) is 5.75 Å². The molecule has 2 aromatic rings. The fourth-order valence-corrected chi connectivity index (χ4v) is 4.09. The van der Waals surface area contributed by atoms with Gasteiger partial charge in [0.25, 0.3) is 5.91 Å². The summed E-state index contributed by atoms with van der Waals surface area (Å²) in [4.78, 5) is 17.2. The van der Waals surface area contributed by atoms with E-state index in [2.05, 4.69) is 11.9 Å². The van der Waals surface area contributed by atoms with Crippen LogP contribution in [0.3, 0.4) is 0 Å². The van der Waals surface area contributed by atoms with Crippen LogP contribution in [-0.4, -0.2) is 48.5 Å². The second kappa shape index (κ2) is 8.95. The van der Waals surface area contributed by atoms with E-state index in [0.29, 0.717) is 18.0 Å². The van der Waals surface area contributed by atoms with Crippen LogP contribution in [0.1, 0.15) is 41.6 Å². The van der Waals surface area contributed by atoms with E-state index in [1.807, 2.05) is 29.2 Å². The molecule has 2 fully saturated rings. The van der Waals surface area contributed by atoms with Gasteiger partial charge in [-0.15, -0.1) is 0 Å². The van der Waals surface area contributed by atoms with Crippen LogP contribution in [0.5, 0.6) is 5.75 Å². The predicted molar refractivity (Wildman–Crippen MR) is 111 cm³/mol. The number of carbonyl (C=O) groups excluding carboxylic acids is 1. The number of hydrogen-bond acceptors (Lipinski definition) is 3. The number of ether oxygens (including phenoxy) is 1. The van der Waals surface area contributed by atoms with E-state index in [4.69, 9.17) is 4.74 Å². The quantitative estimate of drug-likeness (QED) is 0.698. The molecule has 0 aromatic heterocycles. The fourth-order valence-electron chi connectivity index (χ4n) is 4.09. The van der Waals surface area contributed by atoms with E-state index >= 15 is 0 Å². The molecule has 2 aliphatic rings. The van der Waals surface area contributed by atoms with Crippen molar-refractivity contribution in [1.29, 1.82) is 0 Å². The monoisotopic (exact) mass is 396 g/mol. The highest BCUT2D eigenvalue weighted by atomic mass is 19.1. The first-order valence-electron chi connectivity index (χ1n) is 10.6. The third kappa shape index (κ3) is 5.36. The number of benzene rings is 2. The van der Waals surface area contributed by atoms with Gasteiger partial charge in [-0.3, -0.25) is 4.79 Å². The van der Waals surface area contributed by atoms with Gasteiger partial charge < -0.3 is 14.5 Å². The molecule has 2 aromatic carbocycles. The fraction of sp³-hybridized carbons (Fsp3) is 0.458. The zero-order valence-electron chi connectivity index (χ0n) is 17.0. The normalized spacial score (nSPS) is 19.7. The highest BCUT2D eigenvalue weighted by Crippen LogP contribution is 2.30. The molecular weight excluding hydrogens is 367 g/mol. The summed E-state index contributed by atoms with van der Waals surface area (Å²) in [5.41, 5.74) is 1.45. The van der Waals surface area contributed by atoms with Crippen molar-refractivity contribution in [1.82, 2.24) is 9.80 Å². The summed E-state index contributed by atoms with van der Waals surface area (Å²) in [6, 6.07) is 14.2. The van der Waals surface area contributed by atoms with Crippen LogP contribution >= 0.6 is 0 Å². The highest BCUT2D eigenvalue weighted by Gasteiger charge is 2.33. The molecule has 29 heavy (non-hydrogen) atoms. The Hall–Kier alpha value is -2.40. The maximum Gasteiger partial charge on any atom is 0.254 e. The van der Waals surface area contributed by atoms with Crippen LogP contribution in [0.2, 0.25) is 0 Å². The molecule has 1 amide bonds. The second-order valence-corrected chi connectivity index (χ2v) is 8.40. The Morgan fingerprint density at radius 1 is 1.17 bits per heavy atom. The lowest BCUT2D eigenvalue weighted by atomic mass is 9.99. The first-order chi connectivity index (χ1) is 14.1. The van der Waals surface area contributed by atoms with Crippen LogP contribution in [0.25, 0.3) is 0 Å². The van der Waals surface area contributed by atoms with Crippen molar-refractivity contribution in [2.45, 2.75) is 38.3 Å². The molecule has 4 rings (SSSR count). The van der Waals surface area contributed by atoms with Gasteiger partial charge in [0.15, 0.2) is 0 Å². The number of likely N-dealkylation sites (tertiary alicyclic amines) is 1. The van der Waals surface area contributed by atoms with Crippen molar-refractivity contribution in [2.24, 2.45) is 5.92 Å². The summed E-state index contributed by atoms with van der Waals surface area (Å²) >= 11 is 0. The average molecular weight is 397 g/mol. The summed E-state index contributed by atoms with van der Waals surface area (Å²) in [7, 11) is 2.16. The zero-order chi connectivity index (χ0) is 20.2. The number of carbonyl (C=O) groups is 1. The number of piperidine rings is 1. The van der Waals surface area contributed by atoms with Crippen molar-refractivity contribution >= 4 is 5.91 Å².